The standard InChI is InChI=1S/C14H14Br2OS/c1-17-11-5-2-10(3-6-11)4-7-12(15)13-8-9-14(16)18-13/h2-3,5-6,8-9,12H,4,7H2,1H3. The minimum absolute atomic E-state index is 0.427. The Morgan fingerprint density at radius 2 is 1.89 bits per heavy atom. The van der Waals surface area contributed by atoms with Gasteiger partial charge in [-0.15, -0.1) is 11.3 Å². The first kappa shape index (κ1) is 14.1. The third kappa shape index (κ3) is 3.84. The minimum atomic E-state index is 0.427. The number of hydrogen-bond donors (Lipinski definition) is 0. The van der Waals surface area contributed by atoms with Crippen LogP contribution in [-0.4, -0.2) is 7.11 Å². The molecule has 0 aliphatic rings. The molecule has 1 aromatic heterocycles. The number of hydrogen-bond acceptors (Lipinski definition) is 2. The van der Waals surface area contributed by atoms with E-state index in [4.69, 9.17) is 4.74 Å². The first-order valence-electron chi connectivity index (χ1n) is 5.71. The number of benzene rings is 1. The average Bonchev–Trinajstić information content (AvgIpc) is 2.83. The van der Waals surface area contributed by atoms with Crippen LogP contribution in [0.4, 0.5) is 0 Å². The van der Waals surface area contributed by atoms with E-state index in [2.05, 4.69) is 56.1 Å². The Labute approximate surface area is 128 Å². The molecule has 0 aliphatic carbocycles. The van der Waals surface area contributed by atoms with E-state index >= 15 is 0 Å². The lowest BCUT2D eigenvalue weighted by molar-refractivity contribution is 0.414. The fourth-order valence-electron chi connectivity index (χ4n) is 1.72. The number of alkyl halides is 1. The molecule has 0 aliphatic heterocycles. The first-order valence-corrected chi connectivity index (χ1v) is 8.24. The summed E-state index contributed by atoms with van der Waals surface area (Å²) in [6.45, 7) is 0. The van der Waals surface area contributed by atoms with Gasteiger partial charge in [0, 0.05) is 9.70 Å². The number of halogens is 2. The van der Waals surface area contributed by atoms with Gasteiger partial charge < -0.3 is 4.74 Å². The third-order valence-corrected chi connectivity index (χ3v) is 5.74. The molecule has 0 saturated heterocycles. The van der Waals surface area contributed by atoms with Crippen LogP contribution in [0.2, 0.25) is 0 Å². The van der Waals surface area contributed by atoms with Crippen molar-refractivity contribution in [2.24, 2.45) is 0 Å². The molecule has 2 aromatic rings. The molecule has 1 unspecified atom stereocenters. The molecule has 1 atom stereocenters. The lowest BCUT2D eigenvalue weighted by atomic mass is 10.1. The van der Waals surface area contributed by atoms with Crippen molar-refractivity contribution in [3.63, 3.8) is 0 Å². The highest BCUT2D eigenvalue weighted by Crippen LogP contribution is 2.35. The zero-order valence-corrected chi connectivity index (χ0v) is 14.0. The molecule has 2 rings (SSSR count). The molecule has 1 aromatic carbocycles. The maximum Gasteiger partial charge on any atom is 0.118 e. The number of rotatable bonds is 5. The molecule has 0 fully saturated rings. The molecule has 4 heteroatoms. The van der Waals surface area contributed by atoms with E-state index in [9.17, 15) is 0 Å². The van der Waals surface area contributed by atoms with Crippen LogP contribution < -0.4 is 4.74 Å². The van der Waals surface area contributed by atoms with E-state index in [1.165, 1.54) is 14.2 Å². The predicted octanol–water partition coefficient (Wildman–Crippen LogP) is 5.59. The van der Waals surface area contributed by atoms with E-state index in [1.807, 2.05) is 12.1 Å². The SMILES string of the molecule is COc1ccc(CCC(Br)c2ccc(Br)s2)cc1. The maximum absolute atomic E-state index is 5.15. The highest BCUT2D eigenvalue weighted by atomic mass is 79.9. The molecule has 0 saturated carbocycles. The van der Waals surface area contributed by atoms with Crippen LogP contribution in [0.3, 0.4) is 0 Å². The van der Waals surface area contributed by atoms with Gasteiger partial charge in [-0.3, -0.25) is 0 Å². The number of thiophene rings is 1. The molecular weight excluding hydrogens is 376 g/mol. The molecule has 18 heavy (non-hydrogen) atoms. The molecule has 96 valence electrons. The van der Waals surface area contributed by atoms with Crippen LogP contribution in [0.15, 0.2) is 40.2 Å². The highest BCUT2D eigenvalue weighted by molar-refractivity contribution is 9.11. The zero-order valence-electron chi connectivity index (χ0n) is 10.0. The lowest BCUT2D eigenvalue weighted by Gasteiger charge is -2.08. The fraction of sp³-hybridized carbons (Fsp3) is 0.286. The van der Waals surface area contributed by atoms with Gasteiger partial charge >= 0.3 is 0 Å². The summed E-state index contributed by atoms with van der Waals surface area (Å²) >= 11 is 9.03. The quantitative estimate of drug-likeness (QED) is 0.605. The van der Waals surface area contributed by atoms with Gasteiger partial charge in [-0.2, -0.15) is 0 Å². The van der Waals surface area contributed by atoms with Crippen molar-refractivity contribution in [2.45, 2.75) is 17.7 Å². The van der Waals surface area contributed by atoms with E-state index in [0.29, 0.717) is 4.83 Å². The van der Waals surface area contributed by atoms with Gasteiger partial charge in [-0.1, -0.05) is 28.1 Å². The second-order valence-electron chi connectivity index (χ2n) is 4.00. The molecule has 0 amide bonds. The second kappa shape index (κ2) is 6.73. The second-order valence-corrected chi connectivity index (χ2v) is 7.60. The summed E-state index contributed by atoms with van der Waals surface area (Å²) in [5.74, 6) is 0.913. The summed E-state index contributed by atoms with van der Waals surface area (Å²) < 4.78 is 6.34. The van der Waals surface area contributed by atoms with E-state index in [1.54, 1.807) is 18.4 Å². The van der Waals surface area contributed by atoms with Gasteiger partial charge in [-0.25, -0.2) is 0 Å². The van der Waals surface area contributed by atoms with Crippen LogP contribution in [0, 0.1) is 0 Å². The van der Waals surface area contributed by atoms with Gasteiger partial charge in [0.1, 0.15) is 5.75 Å². The van der Waals surface area contributed by atoms with Crippen molar-refractivity contribution < 1.29 is 4.74 Å². The molecular formula is C14H14Br2OS. The Morgan fingerprint density at radius 3 is 2.44 bits per heavy atom. The summed E-state index contributed by atoms with van der Waals surface area (Å²) in [5, 5.41) is 0. The molecule has 0 radical (unpaired) electrons. The minimum Gasteiger partial charge on any atom is -0.497 e. The van der Waals surface area contributed by atoms with Gasteiger partial charge in [0.25, 0.3) is 0 Å². The Morgan fingerprint density at radius 1 is 1.17 bits per heavy atom. The van der Waals surface area contributed by atoms with Gasteiger partial charge in [-0.05, 0) is 58.6 Å². The van der Waals surface area contributed by atoms with Gasteiger partial charge in [0.15, 0.2) is 0 Å². The first-order chi connectivity index (χ1) is 8.69. The summed E-state index contributed by atoms with van der Waals surface area (Å²) in [6, 6.07) is 12.6. The van der Waals surface area contributed by atoms with Crippen molar-refractivity contribution in [3.8, 4) is 5.75 Å². The molecule has 1 nitrogen and oxygen atoms in total. The Bertz CT molecular complexity index is 493. The van der Waals surface area contributed by atoms with E-state index in [0.717, 1.165) is 18.6 Å². The van der Waals surface area contributed by atoms with Crippen LogP contribution in [0.25, 0.3) is 0 Å². The summed E-state index contributed by atoms with van der Waals surface area (Å²) in [5.41, 5.74) is 1.34. The van der Waals surface area contributed by atoms with Crippen molar-refractivity contribution in [3.05, 3.63) is 50.6 Å². The van der Waals surface area contributed by atoms with Crippen LogP contribution in [-0.2, 0) is 6.42 Å². The van der Waals surface area contributed by atoms with Crippen LogP contribution in [0.5, 0.6) is 5.75 Å². The number of methoxy groups -OCH3 is 1. The normalized spacial score (nSPS) is 12.4. The van der Waals surface area contributed by atoms with Gasteiger partial charge in [0.2, 0.25) is 0 Å². The van der Waals surface area contributed by atoms with E-state index < -0.39 is 0 Å². The molecule has 0 bridgehead atoms. The fourth-order valence-corrected chi connectivity index (χ4v) is 3.82. The zero-order chi connectivity index (χ0) is 13.0. The van der Waals surface area contributed by atoms with Gasteiger partial charge in [0.05, 0.1) is 10.9 Å². The summed E-state index contributed by atoms with van der Waals surface area (Å²) in [4.78, 5) is 1.80. The monoisotopic (exact) mass is 388 g/mol. The molecule has 0 spiro atoms. The Hall–Kier alpha value is -0.320. The summed E-state index contributed by atoms with van der Waals surface area (Å²) in [6.07, 6.45) is 2.16. The average molecular weight is 390 g/mol. The Kier molecular flexibility index (Phi) is 5.27. The predicted molar refractivity (Wildman–Crippen MR) is 85.0 cm³/mol. The largest absolute Gasteiger partial charge is 0.497 e. The number of ether oxygens (including phenoxy) is 1. The van der Waals surface area contributed by atoms with E-state index in [-0.39, 0.29) is 0 Å². The third-order valence-electron chi connectivity index (χ3n) is 2.75. The number of aryl methyl sites for hydroxylation is 1. The van der Waals surface area contributed by atoms with Crippen molar-refractivity contribution in [2.75, 3.05) is 7.11 Å². The molecule has 1 heterocycles. The van der Waals surface area contributed by atoms with Crippen molar-refractivity contribution in [1.29, 1.82) is 0 Å². The van der Waals surface area contributed by atoms with Crippen LogP contribution in [0.1, 0.15) is 21.7 Å². The highest BCUT2D eigenvalue weighted by Gasteiger charge is 2.10. The lowest BCUT2D eigenvalue weighted by Crippen LogP contribution is -1.91. The maximum atomic E-state index is 5.15. The summed E-state index contributed by atoms with van der Waals surface area (Å²) in [7, 11) is 1.69. The smallest absolute Gasteiger partial charge is 0.118 e. The van der Waals surface area contributed by atoms with Crippen molar-refractivity contribution in [1.82, 2.24) is 0 Å². The topological polar surface area (TPSA) is 9.23 Å². The van der Waals surface area contributed by atoms with Crippen LogP contribution >= 0.6 is 43.2 Å². The molecule has 0 N–H and O–H groups in total. The Balaban J connectivity index is 1.90. The van der Waals surface area contributed by atoms with Crippen molar-refractivity contribution >= 4 is 43.2 Å².